The fourth-order valence-electron chi connectivity index (χ4n) is 2.80. The summed E-state index contributed by atoms with van der Waals surface area (Å²) in [5, 5.41) is 6.97. The molecule has 1 amide bonds. The molecule has 1 aromatic heterocycles. The van der Waals surface area contributed by atoms with Crippen LogP contribution in [-0.2, 0) is 13.2 Å². The summed E-state index contributed by atoms with van der Waals surface area (Å²) < 4.78 is 45.0. The number of amides is 1. The van der Waals surface area contributed by atoms with Gasteiger partial charge in [-0.1, -0.05) is 30.0 Å². The summed E-state index contributed by atoms with van der Waals surface area (Å²) in [7, 11) is 3.20. The Balaban J connectivity index is 1.69. The van der Waals surface area contributed by atoms with Gasteiger partial charge in [-0.3, -0.25) is 9.48 Å². The number of aromatic nitrogens is 2. The van der Waals surface area contributed by atoms with Gasteiger partial charge in [0.1, 0.15) is 11.4 Å². The molecule has 3 aromatic rings. The van der Waals surface area contributed by atoms with Crippen molar-refractivity contribution >= 4 is 5.91 Å². The van der Waals surface area contributed by atoms with E-state index in [0.717, 1.165) is 17.7 Å². The summed E-state index contributed by atoms with van der Waals surface area (Å²) in [5.41, 5.74) is 1.10. The van der Waals surface area contributed by atoms with Gasteiger partial charge in [0.05, 0.1) is 24.9 Å². The second-order valence-corrected chi connectivity index (χ2v) is 6.30. The number of methoxy groups -OCH3 is 1. The van der Waals surface area contributed by atoms with Crippen molar-refractivity contribution in [1.82, 2.24) is 15.1 Å². The molecule has 0 spiro atoms. The summed E-state index contributed by atoms with van der Waals surface area (Å²) in [5.74, 6) is 5.51. The predicted molar refractivity (Wildman–Crippen MR) is 106 cm³/mol. The Morgan fingerprint density at radius 2 is 1.93 bits per heavy atom. The fourth-order valence-corrected chi connectivity index (χ4v) is 2.80. The minimum absolute atomic E-state index is 0.0236. The van der Waals surface area contributed by atoms with E-state index in [1.54, 1.807) is 26.3 Å². The zero-order valence-corrected chi connectivity index (χ0v) is 16.2. The minimum Gasteiger partial charge on any atom is -0.496 e. The van der Waals surface area contributed by atoms with E-state index in [2.05, 4.69) is 22.3 Å². The van der Waals surface area contributed by atoms with E-state index >= 15 is 0 Å². The molecule has 0 radical (unpaired) electrons. The maximum atomic E-state index is 12.7. The van der Waals surface area contributed by atoms with Gasteiger partial charge in [0.25, 0.3) is 5.91 Å². The van der Waals surface area contributed by atoms with Crippen LogP contribution in [0.5, 0.6) is 5.75 Å². The van der Waals surface area contributed by atoms with Crippen molar-refractivity contribution in [3.8, 4) is 28.8 Å². The lowest BCUT2D eigenvalue weighted by Gasteiger charge is -2.05. The third-order valence-electron chi connectivity index (χ3n) is 4.26. The van der Waals surface area contributed by atoms with E-state index < -0.39 is 17.6 Å². The number of para-hydroxylation sites is 1. The number of hydrogen-bond acceptors (Lipinski definition) is 3. The second kappa shape index (κ2) is 8.74. The van der Waals surface area contributed by atoms with Crippen LogP contribution < -0.4 is 10.1 Å². The number of nitrogens with zero attached hydrogens (tertiary/aromatic N) is 2. The van der Waals surface area contributed by atoms with Crippen LogP contribution in [0, 0.1) is 11.8 Å². The van der Waals surface area contributed by atoms with Crippen LogP contribution in [0.4, 0.5) is 13.2 Å². The molecule has 0 saturated heterocycles. The van der Waals surface area contributed by atoms with E-state index in [1.165, 1.54) is 16.8 Å². The van der Waals surface area contributed by atoms with E-state index in [-0.39, 0.29) is 12.1 Å². The first-order valence-electron chi connectivity index (χ1n) is 8.91. The molecule has 3 rings (SSSR count). The van der Waals surface area contributed by atoms with Gasteiger partial charge in [0.2, 0.25) is 0 Å². The Morgan fingerprint density at radius 3 is 2.67 bits per heavy atom. The normalized spacial score (nSPS) is 10.8. The molecule has 0 fully saturated rings. The lowest BCUT2D eigenvalue weighted by molar-refractivity contribution is -0.137. The molecule has 154 valence electrons. The SMILES string of the molecule is COc1ccccc1-c1cc(C(=O)NCC#Cc2cccc(C(F)(F)F)c2)n(C)n1. The van der Waals surface area contributed by atoms with E-state index in [1.807, 2.05) is 18.2 Å². The molecule has 2 aromatic carbocycles. The Kier molecular flexibility index (Phi) is 6.11. The number of ether oxygens (including phenoxy) is 1. The minimum atomic E-state index is -4.43. The van der Waals surface area contributed by atoms with Gasteiger partial charge < -0.3 is 10.1 Å². The lowest BCUT2D eigenvalue weighted by atomic mass is 10.1. The Morgan fingerprint density at radius 1 is 1.17 bits per heavy atom. The summed E-state index contributed by atoms with van der Waals surface area (Å²) in [4.78, 5) is 12.4. The number of hydrogen-bond donors (Lipinski definition) is 1. The molecule has 30 heavy (non-hydrogen) atoms. The van der Waals surface area contributed by atoms with Gasteiger partial charge in [-0.05, 0) is 36.4 Å². The Bertz CT molecular complexity index is 1120. The average Bonchev–Trinajstić information content (AvgIpc) is 3.12. The molecule has 0 saturated carbocycles. The van der Waals surface area contributed by atoms with E-state index in [9.17, 15) is 18.0 Å². The molecule has 0 aliphatic rings. The Hall–Kier alpha value is -3.73. The smallest absolute Gasteiger partial charge is 0.416 e. The van der Waals surface area contributed by atoms with Crippen LogP contribution in [0.15, 0.2) is 54.6 Å². The van der Waals surface area contributed by atoms with Crippen LogP contribution >= 0.6 is 0 Å². The van der Waals surface area contributed by atoms with Gasteiger partial charge in [0.15, 0.2) is 0 Å². The zero-order chi connectivity index (χ0) is 21.7. The molecule has 1 heterocycles. The molecule has 1 N–H and O–H groups in total. The van der Waals surface area contributed by atoms with Crippen molar-refractivity contribution < 1.29 is 22.7 Å². The first-order chi connectivity index (χ1) is 14.3. The van der Waals surface area contributed by atoms with Gasteiger partial charge in [-0.2, -0.15) is 18.3 Å². The Labute approximate surface area is 171 Å². The maximum absolute atomic E-state index is 12.7. The highest BCUT2D eigenvalue weighted by Gasteiger charge is 2.30. The molecule has 0 unspecified atom stereocenters. The van der Waals surface area contributed by atoms with Gasteiger partial charge in [-0.25, -0.2) is 0 Å². The highest BCUT2D eigenvalue weighted by atomic mass is 19.4. The number of nitrogens with one attached hydrogen (secondary N) is 1. The van der Waals surface area contributed by atoms with Gasteiger partial charge in [-0.15, -0.1) is 0 Å². The fraction of sp³-hybridized carbons (Fsp3) is 0.182. The third-order valence-corrected chi connectivity index (χ3v) is 4.26. The molecule has 0 aliphatic heterocycles. The second-order valence-electron chi connectivity index (χ2n) is 6.30. The number of carbonyl (C=O) groups is 1. The quantitative estimate of drug-likeness (QED) is 0.661. The van der Waals surface area contributed by atoms with Crippen LogP contribution in [0.1, 0.15) is 21.6 Å². The van der Waals surface area contributed by atoms with Crippen molar-refractivity contribution in [1.29, 1.82) is 0 Å². The first kappa shape index (κ1) is 21.0. The molecule has 0 aliphatic carbocycles. The van der Waals surface area contributed by atoms with Crippen molar-refractivity contribution in [2.75, 3.05) is 13.7 Å². The summed E-state index contributed by atoms with van der Waals surface area (Å²) in [6.45, 7) is -0.0236. The number of benzene rings is 2. The summed E-state index contributed by atoms with van der Waals surface area (Å²) >= 11 is 0. The molecule has 5 nitrogen and oxygen atoms in total. The third kappa shape index (κ3) is 4.81. The first-order valence-corrected chi connectivity index (χ1v) is 8.91. The number of alkyl halides is 3. The standard InChI is InChI=1S/C22H18F3N3O2/c1-28-19(14-18(27-28)17-10-3-4-11-20(17)30-2)21(29)26-12-6-8-15-7-5-9-16(13-15)22(23,24)25/h3-5,7,9-11,13-14H,12H2,1-2H3,(H,26,29). The molecular weight excluding hydrogens is 395 g/mol. The summed E-state index contributed by atoms with van der Waals surface area (Å²) in [6, 6.07) is 13.7. The molecule has 8 heteroatoms. The average molecular weight is 413 g/mol. The zero-order valence-electron chi connectivity index (χ0n) is 16.2. The van der Waals surface area contributed by atoms with Crippen molar-refractivity contribution in [3.63, 3.8) is 0 Å². The molecular formula is C22H18F3N3O2. The van der Waals surface area contributed by atoms with Crippen molar-refractivity contribution in [2.45, 2.75) is 6.18 Å². The van der Waals surface area contributed by atoms with Crippen LogP contribution in [0.2, 0.25) is 0 Å². The van der Waals surface area contributed by atoms with E-state index in [4.69, 9.17) is 4.74 Å². The predicted octanol–water partition coefficient (Wildman–Crippen LogP) is 3.90. The monoisotopic (exact) mass is 413 g/mol. The number of halogens is 3. The van der Waals surface area contributed by atoms with Crippen molar-refractivity contribution in [3.05, 3.63) is 71.4 Å². The van der Waals surface area contributed by atoms with Gasteiger partial charge in [0, 0.05) is 18.2 Å². The maximum Gasteiger partial charge on any atom is 0.416 e. The number of aryl methyl sites for hydroxylation is 1. The molecule has 0 atom stereocenters. The largest absolute Gasteiger partial charge is 0.496 e. The number of carbonyl (C=O) groups excluding carboxylic acids is 1. The van der Waals surface area contributed by atoms with Crippen LogP contribution in [0.25, 0.3) is 11.3 Å². The van der Waals surface area contributed by atoms with Crippen LogP contribution in [-0.4, -0.2) is 29.3 Å². The van der Waals surface area contributed by atoms with Crippen LogP contribution in [0.3, 0.4) is 0 Å². The molecule has 0 bridgehead atoms. The van der Waals surface area contributed by atoms with E-state index in [0.29, 0.717) is 17.1 Å². The summed E-state index contributed by atoms with van der Waals surface area (Å²) in [6.07, 6.45) is -4.43. The van der Waals surface area contributed by atoms with Gasteiger partial charge >= 0.3 is 6.18 Å². The lowest BCUT2D eigenvalue weighted by Crippen LogP contribution is -2.25. The van der Waals surface area contributed by atoms with Crippen molar-refractivity contribution in [2.24, 2.45) is 7.05 Å². The number of rotatable bonds is 4. The topological polar surface area (TPSA) is 56.1 Å². The highest BCUT2D eigenvalue weighted by molar-refractivity contribution is 5.94. The highest BCUT2D eigenvalue weighted by Crippen LogP contribution is 2.30.